The van der Waals surface area contributed by atoms with Crippen LogP contribution in [0.5, 0.6) is 0 Å². The lowest BCUT2D eigenvalue weighted by Crippen LogP contribution is -2.38. The maximum Gasteiger partial charge on any atom is 0.244 e. The number of nitrogens with one attached hydrogen (secondary N) is 2. The van der Waals surface area contributed by atoms with Crippen molar-refractivity contribution >= 4 is 37.3 Å². The summed E-state index contributed by atoms with van der Waals surface area (Å²) in [7, 11) is -8.09. The predicted octanol–water partition coefficient (Wildman–Crippen LogP) is 1.95. The molecule has 0 unspecified atom stereocenters. The first-order valence-corrected chi connectivity index (χ1v) is 10.8. The molecule has 1 atom stereocenters. The Balaban J connectivity index is 2.07. The molecule has 1 aliphatic rings. The average molecular weight is 402 g/mol. The van der Waals surface area contributed by atoms with Crippen LogP contribution in [0, 0.1) is 0 Å². The van der Waals surface area contributed by atoms with Gasteiger partial charge in [0.2, 0.25) is 20.0 Å². The topological polar surface area (TPSA) is 118 Å². The third kappa shape index (κ3) is 3.51. The van der Waals surface area contributed by atoms with Crippen molar-refractivity contribution in [1.29, 1.82) is 0 Å². The highest BCUT2D eigenvalue weighted by Crippen LogP contribution is 2.36. The number of sulfonamides is 2. The number of nitrogens with two attached hydrogens (primary N) is 1. The van der Waals surface area contributed by atoms with Gasteiger partial charge in [0.15, 0.2) is 0 Å². The third-order valence-corrected chi connectivity index (χ3v) is 6.76. The Kier molecular flexibility index (Phi) is 4.54. The second-order valence-corrected chi connectivity index (χ2v) is 9.24. The smallest absolute Gasteiger partial charge is 0.244 e. The number of hydrogen-bond donors (Lipinski definition) is 3. The van der Waals surface area contributed by atoms with Crippen molar-refractivity contribution in [3.05, 3.63) is 52.5 Å². The molecule has 3 rings (SSSR count). The fraction of sp³-hybridized carbons (Fsp3) is 0.200. The highest BCUT2D eigenvalue weighted by Gasteiger charge is 2.32. The van der Waals surface area contributed by atoms with Crippen molar-refractivity contribution in [2.75, 3.05) is 5.32 Å². The summed E-state index contributed by atoms with van der Waals surface area (Å²) in [6.45, 7) is 2.03. The zero-order chi connectivity index (χ0) is 18.4. The minimum Gasteiger partial charge on any atom is -0.364 e. The molecule has 4 N–H and O–H groups in total. The molecule has 1 aliphatic heterocycles. The quantitative estimate of drug-likeness (QED) is 0.726. The van der Waals surface area contributed by atoms with Gasteiger partial charge >= 0.3 is 0 Å². The molecule has 2 aromatic carbocycles. The van der Waals surface area contributed by atoms with Gasteiger partial charge in [-0.2, -0.15) is 4.72 Å². The van der Waals surface area contributed by atoms with Crippen LogP contribution in [0.3, 0.4) is 0 Å². The summed E-state index contributed by atoms with van der Waals surface area (Å²) in [5, 5.41) is 7.95. The van der Waals surface area contributed by atoms with E-state index in [-0.39, 0.29) is 15.6 Å². The van der Waals surface area contributed by atoms with E-state index in [0.717, 1.165) is 23.6 Å². The molecular formula is C15H16ClN3O4S2. The van der Waals surface area contributed by atoms with E-state index in [0.29, 0.717) is 0 Å². The lowest BCUT2D eigenvalue weighted by atomic mass is 10.1. The van der Waals surface area contributed by atoms with Crippen molar-refractivity contribution in [2.24, 2.45) is 5.14 Å². The van der Waals surface area contributed by atoms with Crippen molar-refractivity contribution in [3.8, 4) is 0 Å². The van der Waals surface area contributed by atoms with E-state index < -0.39 is 31.1 Å². The highest BCUT2D eigenvalue weighted by atomic mass is 35.5. The van der Waals surface area contributed by atoms with Crippen molar-refractivity contribution in [2.45, 2.75) is 29.3 Å². The maximum absolute atomic E-state index is 12.5. The largest absolute Gasteiger partial charge is 0.364 e. The van der Waals surface area contributed by atoms with Crippen molar-refractivity contribution in [3.63, 3.8) is 0 Å². The van der Waals surface area contributed by atoms with E-state index in [1.54, 1.807) is 0 Å². The zero-order valence-corrected chi connectivity index (χ0v) is 15.5. The molecule has 0 saturated carbocycles. The lowest BCUT2D eigenvalue weighted by Gasteiger charge is -2.29. The number of rotatable bonds is 3. The monoisotopic (exact) mass is 401 g/mol. The minimum atomic E-state index is -4.14. The second-order valence-electron chi connectivity index (χ2n) is 5.62. The molecule has 134 valence electrons. The van der Waals surface area contributed by atoms with E-state index in [1.807, 2.05) is 31.2 Å². The molecule has 1 heterocycles. The van der Waals surface area contributed by atoms with Gasteiger partial charge in [0.25, 0.3) is 0 Å². The Morgan fingerprint density at radius 1 is 1.20 bits per heavy atom. The van der Waals surface area contributed by atoms with Gasteiger partial charge < -0.3 is 5.32 Å². The van der Waals surface area contributed by atoms with Gasteiger partial charge in [0.05, 0.1) is 10.7 Å². The number of anilines is 1. The summed E-state index contributed by atoms with van der Waals surface area (Å²) >= 11 is 5.96. The molecule has 10 heteroatoms. The van der Waals surface area contributed by atoms with Crippen molar-refractivity contribution < 1.29 is 16.8 Å². The number of aryl methyl sites for hydroxylation is 1. The van der Waals surface area contributed by atoms with Gasteiger partial charge in [-0.1, -0.05) is 42.8 Å². The first-order valence-electron chi connectivity index (χ1n) is 7.36. The standard InChI is InChI=1S/C15H16ClN3O4S2/c1-2-9-3-5-10(6-4-9)15-18-12-7-11(16)13(24(17,20)21)8-14(12)25(22,23)19-15/h3-8,15,18-19H,2H2,1H3,(H2,17,20,21)/t15-/m0/s1. The average Bonchev–Trinajstić information content (AvgIpc) is 2.52. The first-order chi connectivity index (χ1) is 11.6. The number of primary sulfonamides is 1. The molecule has 0 aliphatic carbocycles. The van der Waals surface area contributed by atoms with Gasteiger partial charge in [-0.15, -0.1) is 0 Å². The summed E-state index contributed by atoms with van der Waals surface area (Å²) in [6, 6.07) is 9.69. The summed E-state index contributed by atoms with van der Waals surface area (Å²) in [6.07, 6.45) is 0.179. The maximum atomic E-state index is 12.5. The summed E-state index contributed by atoms with van der Waals surface area (Å²) in [5.41, 5.74) is 2.06. The number of fused-ring (bicyclic) bond motifs is 1. The third-order valence-electron chi connectivity index (χ3n) is 3.92. The molecule has 0 fully saturated rings. The van der Waals surface area contributed by atoms with Crippen LogP contribution in [0.4, 0.5) is 5.69 Å². The van der Waals surface area contributed by atoms with Crippen LogP contribution < -0.4 is 15.2 Å². The Labute approximate surface area is 151 Å². The van der Waals surface area contributed by atoms with Gasteiger partial charge in [0, 0.05) is 0 Å². The van der Waals surface area contributed by atoms with Gasteiger partial charge in [-0.25, -0.2) is 22.0 Å². The summed E-state index contributed by atoms with van der Waals surface area (Å²) in [4.78, 5) is -0.659. The van der Waals surface area contributed by atoms with Crippen molar-refractivity contribution in [1.82, 2.24) is 4.72 Å². The molecule has 0 saturated heterocycles. The summed E-state index contributed by atoms with van der Waals surface area (Å²) in [5.74, 6) is 0. The zero-order valence-electron chi connectivity index (χ0n) is 13.2. The van der Waals surface area contributed by atoms with Crippen LogP contribution in [0.25, 0.3) is 0 Å². The van der Waals surface area contributed by atoms with E-state index in [4.69, 9.17) is 16.7 Å². The first kappa shape index (κ1) is 18.2. The molecule has 25 heavy (non-hydrogen) atoms. The lowest BCUT2D eigenvalue weighted by molar-refractivity contribution is 0.562. The normalized spacial score (nSPS) is 19.1. The van der Waals surface area contributed by atoms with Crippen LogP contribution in [-0.4, -0.2) is 16.8 Å². The fourth-order valence-corrected chi connectivity index (χ4v) is 5.08. The Bertz CT molecular complexity index is 1040. The SMILES string of the molecule is CCc1ccc([C@H]2Nc3cc(Cl)c(S(N)(=O)=O)cc3S(=O)(=O)N2)cc1. The second kappa shape index (κ2) is 6.26. The molecular weight excluding hydrogens is 386 g/mol. The van der Waals surface area contributed by atoms with Gasteiger partial charge in [-0.3, -0.25) is 0 Å². The molecule has 0 aromatic heterocycles. The number of hydrogen-bond acceptors (Lipinski definition) is 5. The van der Waals surface area contributed by atoms with Crippen LogP contribution in [0.2, 0.25) is 5.02 Å². The van der Waals surface area contributed by atoms with Crippen LogP contribution in [-0.2, 0) is 26.5 Å². The highest BCUT2D eigenvalue weighted by molar-refractivity contribution is 7.90. The number of benzene rings is 2. The van der Waals surface area contributed by atoms with Crippen LogP contribution in [0.15, 0.2) is 46.2 Å². The van der Waals surface area contributed by atoms with E-state index in [1.165, 1.54) is 6.07 Å². The Morgan fingerprint density at radius 2 is 1.84 bits per heavy atom. The number of halogens is 1. The summed E-state index contributed by atoms with van der Waals surface area (Å²) < 4.78 is 50.7. The molecule has 0 bridgehead atoms. The molecule has 0 spiro atoms. The van der Waals surface area contributed by atoms with Gasteiger partial charge in [-0.05, 0) is 29.7 Å². The fourth-order valence-electron chi connectivity index (χ4n) is 2.59. The Morgan fingerprint density at radius 3 is 2.40 bits per heavy atom. The van der Waals surface area contributed by atoms with Crippen LogP contribution >= 0.6 is 11.6 Å². The van der Waals surface area contributed by atoms with Gasteiger partial charge in [0.1, 0.15) is 16.0 Å². The predicted molar refractivity (Wildman–Crippen MR) is 95.3 cm³/mol. The van der Waals surface area contributed by atoms with E-state index in [2.05, 4.69) is 10.0 Å². The minimum absolute atomic E-state index is 0.147. The molecule has 0 radical (unpaired) electrons. The van der Waals surface area contributed by atoms with E-state index >= 15 is 0 Å². The Hall–Kier alpha value is -1.65. The van der Waals surface area contributed by atoms with E-state index in [9.17, 15) is 16.8 Å². The van der Waals surface area contributed by atoms with Crippen LogP contribution in [0.1, 0.15) is 24.2 Å². The molecule has 2 aromatic rings. The molecule has 0 amide bonds. The molecule has 7 nitrogen and oxygen atoms in total.